The van der Waals surface area contributed by atoms with Crippen LogP contribution in [0.5, 0.6) is 0 Å². The number of aryl methyl sites for hydroxylation is 2. The molecule has 5 heteroatoms. The van der Waals surface area contributed by atoms with Gasteiger partial charge in [-0.1, -0.05) is 17.7 Å². The minimum atomic E-state index is -3.81. The fraction of sp³-hybridized carbons (Fsp3) is 0.462. The number of carboxylic acids is 1. The average Bonchev–Trinajstić information content (AvgIpc) is 2.12. The second-order valence-electron chi connectivity index (χ2n) is 4.93. The number of carbonyl (C=O) groups is 1. The third-order valence-corrected chi connectivity index (χ3v) is 6.33. The number of rotatable bonds is 3. The summed E-state index contributed by atoms with van der Waals surface area (Å²) in [6.07, 6.45) is 1.06. The molecular formula is C13H16O4S. The molecule has 0 aromatic heterocycles. The van der Waals surface area contributed by atoms with Crippen molar-refractivity contribution >= 4 is 15.8 Å². The Morgan fingerprint density at radius 1 is 1.28 bits per heavy atom. The largest absolute Gasteiger partial charge is 0.480 e. The van der Waals surface area contributed by atoms with Crippen molar-refractivity contribution in [1.29, 1.82) is 0 Å². The highest BCUT2D eigenvalue weighted by atomic mass is 32.2. The molecule has 0 spiro atoms. The summed E-state index contributed by atoms with van der Waals surface area (Å²) in [5.41, 5.74) is 1.58. The van der Waals surface area contributed by atoms with Gasteiger partial charge in [-0.15, -0.1) is 0 Å². The van der Waals surface area contributed by atoms with E-state index < -0.39 is 20.6 Å². The SMILES string of the molecule is Cc1ccc(S(=O)(=O)C2(C(=O)O)CCC2)c(C)c1. The van der Waals surface area contributed by atoms with Gasteiger partial charge in [0.05, 0.1) is 4.90 Å². The van der Waals surface area contributed by atoms with Gasteiger partial charge in [-0.2, -0.15) is 0 Å². The highest BCUT2D eigenvalue weighted by Gasteiger charge is 2.56. The fourth-order valence-electron chi connectivity index (χ4n) is 2.41. The average molecular weight is 268 g/mol. The lowest BCUT2D eigenvalue weighted by Crippen LogP contribution is -2.52. The van der Waals surface area contributed by atoms with Crippen molar-refractivity contribution in [3.63, 3.8) is 0 Å². The first kappa shape index (κ1) is 13.1. The highest BCUT2D eigenvalue weighted by molar-refractivity contribution is 7.93. The molecule has 18 heavy (non-hydrogen) atoms. The summed E-state index contributed by atoms with van der Waals surface area (Å²) in [5, 5.41) is 9.25. The van der Waals surface area contributed by atoms with E-state index in [1.165, 1.54) is 6.07 Å². The zero-order valence-electron chi connectivity index (χ0n) is 10.4. The lowest BCUT2D eigenvalue weighted by Gasteiger charge is -2.37. The van der Waals surface area contributed by atoms with E-state index in [0.29, 0.717) is 12.0 Å². The third kappa shape index (κ3) is 1.65. The Morgan fingerprint density at radius 3 is 2.28 bits per heavy atom. The predicted molar refractivity (Wildman–Crippen MR) is 67.3 cm³/mol. The van der Waals surface area contributed by atoms with Gasteiger partial charge in [0.2, 0.25) is 0 Å². The maximum Gasteiger partial charge on any atom is 0.325 e. The molecule has 0 aliphatic heterocycles. The van der Waals surface area contributed by atoms with Crippen LogP contribution < -0.4 is 0 Å². The van der Waals surface area contributed by atoms with Crippen LogP contribution in [0.15, 0.2) is 23.1 Å². The summed E-state index contributed by atoms with van der Waals surface area (Å²) < 4.78 is 23.5. The van der Waals surface area contributed by atoms with Gasteiger partial charge in [-0.05, 0) is 44.7 Å². The summed E-state index contributed by atoms with van der Waals surface area (Å²) >= 11 is 0. The van der Waals surface area contributed by atoms with Gasteiger partial charge in [-0.25, -0.2) is 8.42 Å². The second-order valence-corrected chi connectivity index (χ2v) is 7.15. The Labute approximate surface area is 107 Å². The van der Waals surface area contributed by atoms with Crippen molar-refractivity contribution in [3.8, 4) is 0 Å². The Bertz CT molecular complexity index is 597. The molecule has 1 aliphatic carbocycles. The van der Waals surface area contributed by atoms with Crippen LogP contribution in [0.2, 0.25) is 0 Å². The summed E-state index contributed by atoms with van der Waals surface area (Å²) in [7, 11) is -3.81. The molecule has 1 fully saturated rings. The van der Waals surface area contributed by atoms with Crippen LogP contribution in [0.1, 0.15) is 30.4 Å². The summed E-state index contributed by atoms with van der Waals surface area (Å²) in [6.45, 7) is 3.58. The minimum Gasteiger partial charge on any atom is -0.480 e. The first-order valence-electron chi connectivity index (χ1n) is 5.86. The Balaban J connectivity index is 2.58. The molecule has 1 N–H and O–H groups in total. The van der Waals surface area contributed by atoms with Crippen LogP contribution in [0.3, 0.4) is 0 Å². The van der Waals surface area contributed by atoms with Crippen molar-refractivity contribution < 1.29 is 18.3 Å². The predicted octanol–water partition coefficient (Wildman–Crippen LogP) is 2.08. The van der Waals surface area contributed by atoms with Crippen molar-refractivity contribution in [3.05, 3.63) is 29.3 Å². The molecule has 0 atom stereocenters. The zero-order chi connectivity index (χ0) is 13.6. The smallest absolute Gasteiger partial charge is 0.325 e. The number of carboxylic acid groups (broad SMARTS) is 1. The van der Waals surface area contributed by atoms with E-state index in [4.69, 9.17) is 0 Å². The molecule has 4 nitrogen and oxygen atoms in total. The topological polar surface area (TPSA) is 71.4 Å². The van der Waals surface area contributed by atoms with E-state index in [1.807, 2.05) is 6.92 Å². The third-order valence-electron chi connectivity index (χ3n) is 3.69. The van der Waals surface area contributed by atoms with Crippen LogP contribution in [0.25, 0.3) is 0 Å². The van der Waals surface area contributed by atoms with Crippen molar-refractivity contribution in [2.24, 2.45) is 0 Å². The molecule has 2 rings (SSSR count). The van der Waals surface area contributed by atoms with Gasteiger partial charge >= 0.3 is 5.97 Å². The van der Waals surface area contributed by atoms with Crippen LogP contribution in [-0.4, -0.2) is 24.2 Å². The number of benzene rings is 1. The molecule has 98 valence electrons. The van der Waals surface area contributed by atoms with Gasteiger partial charge < -0.3 is 5.11 Å². The van der Waals surface area contributed by atoms with Crippen LogP contribution in [-0.2, 0) is 14.6 Å². The van der Waals surface area contributed by atoms with Crippen molar-refractivity contribution in [2.75, 3.05) is 0 Å². The van der Waals surface area contributed by atoms with Crippen LogP contribution >= 0.6 is 0 Å². The Morgan fingerprint density at radius 2 is 1.89 bits per heavy atom. The Kier molecular flexibility index (Phi) is 2.97. The van der Waals surface area contributed by atoms with Crippen molar-refractivity contribution in [1.82, 2.24) is 0 Å². The second kappa shape index (κ2) is 4.09. The van der Waals surface area contributed by atoms with E-state index in [1.54, 1.807) is 19.1 Å². The Hall–Kier alpha value is -1.36. The maximum absolute atomic E-state index is 12.5. The summed E-state index contributed by atoms with van der Waals surface area (Å²) in [6, 6.07) is 4.98. The zero-order valence-corrected chi connectivity index (χ0v) is 11.3. The quantitative estimate of drug-likeness (QED) is 0.911. The summed E-state index contributed by atoms with van der Waals surface area (Å²) in [5.74, 6) is -1.23. The number of hydrogen-bond acceptors (Lipinski definition) is 3. The van der Waals surface area contributed by atoms with Gasteiger partial charge in [0, 0.05) is 0 Å². The van der Waals surface area contributed by atoms with E-state index >= 15 is 0 Å². The van der Waals surface area contributed by atoms with Gasteiger partial charge in [0.1, 0.15) is 0 Å². The lowest BCUT2D eigenvalue weighted by molar-refractivity contribution is -0.142. The van der Waals surface area contributed by atoms with Gasteiger partial charge in [0.25, 0.3) is 0 Å². The normalized spacial score (nSPS) is 18.1. The van der Waals surface area contributed by atoms with E-state index in [0.717, 1.165) is 5.56 Å². The first-order chi connectivity index (χ1) is 8.31. The lowest BCUT2D eigenvalue weighted by atomic mass is 9.84. The van der Waals surface area contributed by atoms with E-state index in [9.17, 15) is 18.3 Å². The molecule has 0 saturated heterocycles. The maximum atomic E-state index is 12.5. The number of hydrogen-bond donors (Lipinski definition) is 1. The first-order valence-corrected chi connectivity index (χ1v) is 7.35. The highest BCUT2D eigenvalue weighted by Crippen LogP contribution is 2.43. The van der Waals surface area contributed by atoms with E-state index in [-0.39, 0.29) is 17.7 Å². The molecule has 0 amide bonds. The van der Waals surface area contributed by atoms with Crippen LogP contribution in [0.4, 0.5) is 0 Å². The van der Waals surface area contributed by atoms with Gasteiger partial charge in [0.15, 0.2) is 14.6 Å². The monoisotopic (exact) mass is 268 g/mol. The molecule has 0 bridgehead atoms. The standard InChI is InChI=1S/C13H16O4S/c1-9-4-5-11(10(2)8-9)18(16,17)13(12(14)15)6-3-7-13/h4-5,8H,3,6-7H2,1-2H3,(H,14,15). The summed E-state index contributed by atoms with van der Waals surface area (Å²) in [4.78, 5) is 11.5. The number of aliphatic carboxylic acids is 1. The number of sulfone groups is 1. The molecule has 0 radical (unpaired) electrons. The van der Waals surface area contributed by atoms with E-state index in [2.05, 4.69) is 0 Å². The molecule has 1 aliphatic rings. The van der Waals surface area contributed by atoms with Crippen LogP contribution in [0, 0.1) is 13.8 Å². The minimum absolute atomic E-state index is 0.148. The molecule has 0 unspecified atom stereocenters. The molecule has 1 aromatic rings. The fourth-order valence-corrected chi connectivity index (χ4v) is 4.61. The molecule has 1 saturated carbocycles. The van der Waals surface area contributed by atoms with Gasteiger partial charge in [-0.3, -0.25) is 4.79 Å². The molecule has 1 aromatic carbocycles. The van der Waals surface area contributed by atoms with Crippen molar-refractivity contribution in [2.45, 2.75) is 42.8 Å². The molecular weight excluding hydrogens is 252 g/mol. The molecule has 0 heterocycles.